The second-order valence-electron chi connectivity index (χ2n) is 3.79. The van der Waals surface area contributed by atoms with E-state index >= 15 is 0 Å². The molecule has 0 radical (unpaired) electrons. The number of para-hydroxylation sites is 1. The Morgan fingerprint density at radius 1 is 1.22 bits per heavy atom. The van der Waals surface area contributed by atoms with Gasteiger partial charge in [0.25, 0.3) is 0 Å². The van der Waals surface area contributed by atoms with Crippen LogP contribution in [0.5, 0.6) is 5.75 Å². The Kier molecular flexibility index (Phi) is 4.55. The number of nitrogens with two attached hydrogens (primary N) is 1. The summed E-state index contributed by atoms with van der Waals surface area (Å²) in [6, 6.07) is 13.9. The summed E-state index contributed by atoms with van der Waals surface area (Å²) in [5, 5.41) is 0. The molecule has 2 N–H and O–H groups in total. The number of anilines is 1. The van der Waals surface area contributed by atoms with E-state index in [1.807, 2.05) is 36.4 Å². The molecule has 0 bridgehead atoms. The number of thioether (sulfide) groups is 1. The molecule has 0 aliphatic rings. The average Bonchev–Trinajstić information content (AvgIpc) is 2.38. The predicted octanol–water partition coefficient (Wildman–Crippen LogP) is 4.33. The molecule has 0 fully saturated rings. The molecular formula is C14H14BrNOS. The quantitative estimate of drug-likeness (QED) is 0.671. The maximum Gasteiger partial charge on any atom is 0.122 e. The van der Waals surface area contributed by atoms with E-state index < -0.39 is 0 Å². The number of methoxy groups -OCH3 is 1. The largest absolute Gasteiger partial charge is 0.496 e. The minimum Gasteiger partial charge on any atom is -0.496 e. The Balaban J connectivity index is 2.11. The SMILES string of the molecule is COc1ccccc1CSc1ccc(N)cc1Br. The van der Waals surface area contributed by atoms with Gasteiger partial charge in [-0.1, -0.05) is 18.2 Å². The fourth-order valence-corrected chi connectivity index (χ4v) is 3.26. The summed E-state index contributed by atoms with van der Waals surface area (Å²) in [6.45, 7) is 0. The van der Waals surface area contributed by atoms with E-state index in [4.69, 9.17) is 10.5 Å². The van der Waals surface area contributed by atoms with Crippen LogP contribution in [0.4, 0.5) is 5.69 Å². The summed E-state index contributed by atoms with van der Waals surface area (Å²) >= 11 is 5.28. The number of ether oxygens (including phenoxy) is 1. The van der Waals surface area contributed by atoms with E-state index in [9.17, 15) is 0 Å². The van der Waals surface area contributed by atoms with Gasteiger partial charge in [-0.2, -0.15) is 0 Å². The Labute approximate surface area is 120 Å². The maximum absolute atomic E-state index is 5.72. The summed E-state index contributed by atoms with van der Waals surface area (Å²) in [6.07, 6.45) is 0. The van der Waals surface area contributed by atoms with Crippen LogP contribution >= 0.6 is 27.7 Å². The van der Waals surface area contributed by atoms with Crippen molar-refractivity contribution in [1.82, 2.24) is 0 Å². The highest BCUT2D eigenvalue weighted by molar-refractivity contribution is 9.10. The van der Waals surface area contributed by atoms with Crippen LogP contribution in [0.2, 0.25) is 0 Å². The third-order valence-electron chi connectivity index (χ3n) is 2.53. The van der Waals surface area contributed by atoms with Crippen molar-refractivity contribution < 1.29 is 4.74 Å². The lowest BCUT2D eigenvalue weighted by molar-refractivity contribution is 0.411. The number of nitrogen functional groups attached to an aromatic ring is 1. The lowest BCUT2D eigenvalue weighted by atomic mass is 10.2. The Morgan fingerprint density at radius 3 is 2.72 bits per heavy atom. The van der Waals surface area contributed by atoms with Crippen molar-refractivity contribution in [3.63, 3.8) is 0 Å². The zero-order chi connectivity index (χ0) is 13.0. The summed E-state index contributed by atoms with van der Waals surface area (Å²) in [5.41, 5.74) is 7.68. The van der Waals surface area contributed by atoms with Crippen molar-refractivity contribution in [2.45, 2.75) is 10.6 Å². The third kappa shape index (κ3) is 3.21. The fraction of sp³-hybridized carbons (Fsp3) is 0.143. The molecule has 2 rings (SSSR count). The van der Waals surface area contributed by atoms with E-state index in [0.717, 1.165) is 21.7 Å². The summed E-state index contributed by atoms with van der Waals surface area (Å²) in [4.78, 5) is 1.18. The van der Waals surface area contributed by atoms with Gasteiger partial charge in [0.1, 0.15) is 5.75 Å². The van der Waals surface area contributed by atoms with E-state index in [0.29, 0.717) is 0 Å². The van der Waals surface area contributed by atoms with Gasteiger partial charge in [0.15, 0.2) is 0 Å². The molecule has 0 aromatic heterocycles. The maximum atomic E-state index is 5.72. The summed E-state index contributed by atoms with van der Waals surface area (Å²) in [5.74, 6) is 1.79. The highest BCUT2D eigenvalue weighted by Crippen LogP contribution is 2.33. The highest BCUT2D eigenvalue weighted by Gasteiger charge is 2.05. The van der Waals surface area contributed by atoms with Crippen LogP contribution < -0.4 is 10.5 Å². The Bertz CT molecular complexity index is 545. The molecule has 2 nitrogen and oxygen atoms in total. The molecule has 2 aromatic rings. The van der Waals surface area contributed by atoms with Gasteiger partial charge in [-0.25, -0.2) is 0 Å². The second-order valence-corrected chi connectivity index (χ2v) is 5.66. The number of benzene rings is 2. The normalized spacial score (nSPS) is 10.3. The first-order chi connectivity index (χ1) is 8.70. The van der Waals surface area contributed by atoms with Crippen molar-refractivity contribution in [2.24, 2.45) is 0 Å². The number of rotatable bonds is 4. The average molecular weight is 324 g/mol. The second kappa shape index (κ2) is 6.16. The molecule has 0 amide bonds. The minimum absolute atomic E-state index is 0.767. The molecule has 0 heterocycles. The van der Waals surface area contributed by atoms with E-state index in [2.05, 4.69) is 22.0 Å². The summed E-state index contributed by atoms with van der Waals surface area (Å²) in [7, 11) is 1.70. The van der Waals surface area contributed by atoms with Crippen LogP contribution in [0.3, 0.4) is 0 Å². The van der Waals surface area contributed by atoms with Crippen LogP contribution in [-0.4, -0.2) is 7.11 Å². The first-order valence-electron chi connectivity index (χ1n) is 5.50. The minimum atomic E-state index is 0.767. The smallest absolute Gasteiger partial charge is 0.122 e. The Morgan fingerprint density at radius 2 is 2.00 bits per heavy atom. The lowest BCUT2D eigenvalue weighted by Gasteiger charge is -2.09. The molecule has 18 heavy (non-hydrogen) atoms. The Hall–Kier alpha value is -1.13. The lowest BCUT2D eigenvalue weighted by Crippen LogP contribution is -1.90. The third-order valence-corrected chi connectivity index (χ3v) is 4.57. The molecule has 0 spiro atoms. The number of hydrogen-bond acceptors (Lipinski definition) is 3. The van der Waals surface area contributed by atoms with Gasteiger partial charge in [0.2, 0.25) is 0 Å². The summed E-state index contributed by atoms with van der Waals surface area (Å²) < 4.78 is 6.37. The zero-order valence-corrected chi connectivity index (χ0v) is 12.4. The van der Waals surface area contributed by atoms with Crippen molar-refractivity contribution >= 4 is 33.4 Å². The molecule has 0 saturated heterocycles. The van der Waals surface area contributed by atoms with Gasteiger partial charge in [0.05, 0.1) is 7.11 Å². The monoisotopic (exact) mass is 323 g/mol. The van der Waals surface area contributed by atoms with Crippen LogP contribution in [0, 0.1) is 0 Å². The van der Waals surface area contributed by atoms with Crippen molar-refractivity contribution in [3.8, 4) is 5.75 Å². The van der Waals surface area contributed by atoms with Crippen LogP contribution in [0.1, 0.15) is 5.56 Å². The molecule has 0 aliphatic heterocycles. The van der Waals surface area contributed by atoms with Crippen molar-refractivity contribution in [3.05, 3.63) is 52.5 Å². The molecule has 4 heteroatoms. The van der Waals surface area contributed by atoms with Crippen molar-refractivity contribution in [2.75, 3.05) is 12.8 Å². The molecule has 2 aromatic carbocycles. The van der Waals surface area contributed by atoms with Crippen LogP contribution in [0.25, 0.3) is 0 Å². The molecular weight excluding hydrogens is 310 g/mol. The molecule has 0 atom stereocenters. The van der Waals surface area contributed by atoms with Gasteiger partial charge in [-0.05, 0) is 40.2 Å². The topological polar surface area (TPSA) is 35.2 Å². The number of hydrogen-bond donors (Lipinski definition) is 1. The van der Waals surface area contributed by atoms with E-state index in [-0.39, 0.29) is 0 Å². The van der Waals surface area contributed by atoms with Gasteiger partial charge in [-0.15, -0.1) is 11.8 Å². The van der Waals surface area contributed by atoms with E-state index in [1.54, 1.807) is 18.9 Å². The van der Waals surface area contributed by atoms with Crippen LogP contribution in [0.15, 0.2) is 51.8 Å². The number of halogens is 1. The molecule has 0 saturated carbocycles. The van der Waals surface area contributed by atoms with Crippen LogP contribution in [-0.2, 0) is 5.75 Å². The first-order valence-corrected chi connectivity index (χ1v) is 7.28. The highest BCUT2D eigenvalue weighted by atomic mass is 79.9. The fourth-order valence-electron chi connectivity index (χ4n) is 1.61. The van der Waals surface area contributed by atoms with Gasteiger partial charge in [-0.3, -0.25) is 0 Å². The van der Waals surface area contributed by atoms with Crippen molar-refractivity contribution in [1.29, 1.82) is 0 Å². The predicted molar refractivity (Wildman–Crippen MR) is 81.1 cm³/mol. The molecule has 0 aliphatic carbocycles. The van der Waals surface area contributed by atoms with Gasteiger partial charge in [0, 0.05) is 26.4 Å². The van der Waals surface area contributed by atoms with Gasteiger partial charge < -0.3 is 10.5 Å². The zero-order valence-electron chi connectivity index (χ0n) is 10.0. The van der Waals surface area contributed by atoms with Gasteiger partial charge >= 0.3 is 0 Å². The van der Waals surface area contributed by atoms with E-state index in [1.165, 1.54) is 10.5 Å². The first kappa shape index (κ1) is 13.3. The molecule has 0 unspecified atom stereocenters. The molecule has 94 valence electrons. The standard InChI is InChI=1S/C14H14BrNOS/c1-17-13-5-3-2-4-10(13)9-18-14-7-6-11(16)8-12(14)15/h2-8H,9,16H2,1H3.